The lowest BCUT2D eigenvalue weighted by Crippen LogP contribution is -2.27. The molecule has 2 rings (SSSR count). The maximum atomic E-state index is 11.8. The van der Waals surface area contributed by atoms with E-state index in [0.29, 0.717) is 24.5 Å². The fourth-order valence-electron chi connectivity index (χ4n) is 2.09. The molecule has 0 radical (unpaired) electrons. The molecule has 0 aliphatic rings. The number of esters is 1. The van der Waals surface area contributed by atoms with Crippen LogP contribution in [0.25, 0.3) is 11.0 Å². The molecule has 6 nitrogen and oxygen atoms in total. The number of hydrogen-bond donors (Lipinski definition) is 0. The van der Waals surface area contributed by atoms with Gasteiger partial charge in [0.1, 0.15) is 17.9 Å². The maximum Gasteiger partial charge on any atom is 0.347 e. The summed E-state index contributed by atoms with van der Waals surface area (Å²) in [5, 5.41) is 0.823. The zero-order valence-electron chi connectivity index (χ0n) is 13.5. The Hall–Kier alpha value is -2.34. The van der Waals surface area contributed by atoms with Crippen molar-refractivity contribution in [2.45, 2.75) is 26.9 Å². The Morgan fingerprint density at radius 3 is 2.78 bits per heavy atom. The van der Waals surface area contributed by atoms with E-state index < -0.39 is 17.7 Å². The van der Waals surface area contributed by atoms with Crippen LogP contribution in [-0.2, 0) is 14.3 Å². The van der Waals surface area contributed by atoms with Crippen LogP contribution in [0.2, 0.25) is 0 Å². The normalized spacial score (nSPS) is 12.1. The highest BCUT2D eigenvalue weighted by Gasteiger charge is 2.16. The molecule has 1 atom stereocenters. The SMILES string of the molecule is CCOCCOC(=O)[C@@H](C)Oc1ccc2c(C)cc(=O)oc2c1. The van der Waals surface area contributed by atoms with Gasteiger partial charge in [-0.1, -0.05) is 0 Å². The molecule has 2 aromatic rings. The molecule has 0 spiro atoms. The highest BCUT2D eigenvalue weighted by atomic mass is 16.6. The molecular formula is C17H20O6. The molecule has 0 bridgehead atoms. The molecule has 0 amide bonds. The number of carbonyl (C=O) groups is 1. The number of carbonyl (C=O) groups excluding carboxylic acids is 1. The lowest BCUT2D eigenvalue weighted by atomic mass is 10.1. The molecule has 0 unspecified atom stereocenters. The van der Waals surface area contributed by atoms with Gasteiger partial charge in [0.15, 0.2) is 6.10 Å². The van der Waals surface area contributed by atoms with Crippen molar-refractivity contribution >= 4 is 16.9 Å². The highest BCUT2D eigenvalue weighted by molar-refractivity contribution is 5.81. The summed E-state index contributed by atoms with van der Waals surface area (Å²) in [6.07, 6.45) is -0.773. The van der Waals surface area contributed by atoms with E-state index >= 15 is 0 Å². The van der Waals surface area contributed by atoms with Crippen LogP contribution in [0, 0.1) is 6.92 Å². The van der Waals surface area contributed by atoms with Crippen LogP contribution in [-0.4, -0.2) is 31.9 Å². The van der Waals surface area contributed by atoms with E-state index in [2.05, 4.69) is 0 Å². The first-order valence-corrected chi connectivity index (χ1v) is 7.46. The Labute approximate surface area is 134 Å². The van der Waals surface area contributed by atoms with Gasteiger partial charge < -0.3 is 18.6 Å². The van der Waals surface area contributed by atoms with Crippen LogP contribution in [0.3, 0.4) is 0 Å². The molecule has 0 saturated heterocycles. The van der Waals surface area contributed by atoms with Crippen LogP contribution in [0.4, 0.5) is 0 Å². The van der Waals surface area contributed by atoms with Crippen molar-refractivity contribution in [3.8, 4) is 5.75 Å². The molecule has 0 N–H and O–H groups in total. The summed E-state index contributed by atoms with van der Waals surface area (Å²) in [4.78, 5) is 23.2. The van der Waals surface area contributed by atoms with Crippen LogP contribution in [0.15, 0.2) is 33.5 Å². The van der Waals surface area contributed by atoms with Gasteiger partial charge in [0.2, 0.25) is 0 Å². The second-order valence-corrected chi connectivity index (χ2v) is 5.03. The van der Waals surface area contributed by atoms with E-state index in [9.17, 15) is 9.59 Å². The summed E-state index contributed by atoms with van der Waals surface area (Å²) in [6.45, 7) is 6.41. The van der Waals surface area contributed by atoms with Crippen molar-refractivity contribution in [3.63, 3.8) is 0 Å². The van der Waals surface area contributed by atoms with Gasteiger partial charge in [-0.2, -0.15) is 0 Å². The van der Waals surface area contributed by atoms with Crippen molar-refractivity contribution < 1.29 is 23.4 Å². The largest absolute Gasteiger partial charge is 0.479 e. The molecule has 0 aliphatic carbocycles. The van der Waals surface area contributed by atoms with Gasteiger partial charge in [0.05, 0.1) is 6.61 Å². The van der Waals surface area contributed by atoms with Gasteiger partial charge in [-0.3, -0.25) is 0 Å². The molecular weight excluding hydrogens is 300 g/mol. The molecule has 6 heteroatoms. The first-order valence-electron chi connectivity index (χ1n) is 7.46. The van der Waals surface area contributed by atoms with E-state index in [1.807, 2.05) is 13.8 Å². The van der Waals surface area contributed by atoms with Gasteiger partial charge in [-0.05, 0) is 38.5 Å². The Balaban J connectivity index is 2.03. The highest BCUT2D eigenvalue weighted by Crippen LogP contribution is 2.23. The molecule has 1 aromatic carbocycles. The average Bonchev–Trinajstić information content (AvgIpc) is 2.50. The van der Waals surface area contributed by atoms with E-state index in [-0.39, 0.29) is 6.61 Å². The van der Waals surface area contributed by atoms with Crippen molar-refractivity contribution in [1.82, 2.24) is 0 Å². The Bertz CT molecular complexity index is 733. The summed E-state index contributed by atoms with van der Waals surface area (Å²) in [5.74, 6) is -0.0454. The minimum absolute atomic E-state index is 0.187. The van der Waals surface area contributed by atoms with E-state index in [4.69, 9.17) is 18.6 Å². The van der Waals surface area contributed by atoms with Crippen molar-refractivity contribution in [2.24, 2.45) is 0 Å². The van der Waals surface area contributed by atoms with Crippen LogP contribution in [0.5, 0.6) is 5.75 Å². The summed E-state index contributed by atoms with van der Waals surface area (Å²) in [5.41, 5.74) is 0.825. The smallest absolute Gasteiger partial charge is 0.347 e. The van der Waals surface area contributed by atoms with Gasteiger partial charge in [0.25, 0.3) is 0 Å². The van der Waals surface area contributed by atoms with Crippen LogP contribution >= 0.6 is 0 Å². The van der Waals surface area contributed by atoms with E-state index in [1.54, 1.807) is 25.1 Å². The zero-order chi connectivity index (χ0) is 16.8. The molecule has 1 aromatic heterocycles. The van der Waals surface area contributed by atoms with Crippen molar-refractivity contribution in [1.29, 1.82) is 0 Å². The summed E-state index contributed by atoms with van der Waals surface area (Å²) in [6, 6.07) is 6.53. The summed E-state index contributed by atoms with van der Waals surface area (Å²) < 4.78 is 20.8. The minimum atomic E-state index is -0.773. The quantitative estimate of drug-likeness (QED) is 0.443. The molecule has 0 saturated carbocycles. The lowest BCUT2D eigenvalue weighted by molar-refractivity contribution is -0.152. The first-order chi connectivity index (χ1) is 11.0. The van der Waals surface area contributed by atoms with E-state index in [1.165, 1.54) is 6.07 Å². The topological polar surface area (TPSA) is 75.0 Å². The Kier molecular flexibility index (Phi) is 5.76. The number of hydrogen-bond acceptors (Lipinski definition) is 6. The van der Waals surface area contributed by atoms with Gasteiger partial charge >= 0.3 is 11.6 Å². The third kappa shape index (κ3) is 4.56. The summed E-state index contributed by atoms with van der Waals surface area (Å²) in [7, 11) is 0. The average molecular weight is 320 g/mol. The summed E-state index contributed by atoms with van der Waals surface area (Å²) >= 11 is 0. The second-order valence-electron chi connectivity index (χ2n) is 5.03. The van der Waals surface area contributed by atoms with Crippen LogP contribution in [0.1, 0.15) is 19.4 Å². The van der Waals surface area contributed by atoms with Gasteiger partial charge in [-0.15, -0.1) is 0 Å². The fraction of sp³-hybridized carbons (Fsp3) is 0.412. The Morgan fingerprint density at radius 1 is 1.26 bits per heavy atom. The number of benzene rings is 1. The predicted molar refractivity (Wildman–Crippen MR) is 84.8 cm³/mol. The minimum Gasteiger partial charge on any atom is -0.479 e. The van der Waals surface area contributed by atoms with Crippen LogP contribution < -0.4 is 10.4 Å². The van der Waals surface area contributed by atoms with Gasteiger partial charge in [0, 0.05) is 24.1 Å². The second kappa shape index (κ2) is 7.78. The predicted octanol–water partition coefficient (Wildman–Crippen LogP) is 2.45. The molecule has 0 fully saturated rings. The van der Waals surface area contributed by atoms with E-state index in [0.717, 1.165) is 10.9 Å². The first kappa shape index (κ1) is 17.0. The zero-order valence-corrected chi connectivity index (χ0v) is 13.5. The molecule has 23 heavy (non-hydrogen) atoms. The molecule has 124 valence electrons. The number of ether oxygens (including phenoxy) is 3. The number of fused-ring (bicyclic) bond motifs is 1. The molecule has 1 heterocycles. The fourth-order valence-corrected chi connectivity index (χ4v) is 2.09. The maximum absolute atomic E-state index is 11.8. The lowest BCUT2D eigenvalue weighted by Gasteiger charge is -2.14. The third-order valence-corrected chi connectivity index (χ3v) is 3.24. The Morgan fingerprint density at radius 2 is 2.04 bits per heavy atom. The van der Waals surface area contributed by atoms with Crippen molar-refractivity contribution in [2.75, 3.05) is 19.8 Å². The standard InChI is InChI=1S/C17H20O6/c1-4-20-7-8-21-17(19)12(3)22-13-5-6-14-11(2)9-16(18)23-15(14)10-13/h5-6,9-10,12H,4,7-8H2,1-3H3/t12-/m1/s1. The monoisotopic (exact) mass is 320 g/mol. The molecule has 0 aliphatic heterocycles. The third-order valence-electron chi connectivity index (χ3n) is 3.24. The number of rotatable bonds is 7. The van der Waals surface area contributed by atoms with Crippen molar-refractivity contribution in [3.05, 3.63) is 40.2 Å². The number of aryl methyl sites for hydroxylation is 1. The van der Waals surface area contributed by atoms with Gasteiger partial charge in [-0.25, -0.2) is 9.59 Å².